The normalized spacial score (nSPS) is 11.8. The molecule has 0 spiro atoms. The van der Waals surface area contributed by atoms with Crippen LogP contribution >= 0.6 is 23.8 Å². The second-order valence-electron chi connectivity index (χ2n) is 5.56. The molecule has 0 amide bonds. The Morgan fingerprint density at radius 1 is 1.31 bits per heavy atom. The number of ether oxygens (including phenoxy) is 2. The van der Waals surface area contributed by atoms with Crippen molar-refractivity contribution in [1.29, 1.82) is 0 Å². The fraction of sp³-hybridized carbons (Fsp3) is 0.263. The van der Waals surface area contributed by atoms with Crippen molar-refractivity contribution in [3.05, 3.63) is 53.1 Å². The molecule has 7 heteroatoms. The molecule has 0 aliphatic carbocycles. The molecule has 26 heavy (non-hydrogen) atoms. The molecule has 0 aliphatic rings. The second-order valence-corrected chi connectivity index (χ2v) is 6.38. The molecule has 1 atom stereocenters. The van der Waals surface area contributed by atoms with E-state index < -0.39 is 0 Å². The highest BCUT2D eigenvalue weighted by Crippen LogP contribution is 2.37. The molecule has 0 unspecified atom stereocenters. The summed E-state index contributed by atoms with van der Waals surface area (Å²) in [5.74, 6) is 1.10. The Hall–Kier alpha value is -2.31. The number of hydrazone groups is 1. The van der Waals surface area contributed by atoms with Gasteiger partial charge in [-0.15, -0.1) is 0 Å². The maximum Gasteiger partial charge on any atom is 0.191 e. The molecule has 0 saturated heterocycles. The van der Waals surface area contributed by atoms with Crippen LogP contribution < -0.4 is 20.2 Å². The van der Waals surface area contributed by atoms with Crippen molar-refractivity contribution in [2.24, 2.45) is 5.10 Å². The lowest BCUT2D eigenvalue weighted by molar-refractivity contribution is 0.208. The molecule has 0 heterocycles. The van der Waals surface area contributed by atoms with Crippen molar-refractivity contribution in [2.75, 3.05) is 12.4 Å². The first kappa shape index (κ1) is 20.0. The lowest BCUT2D eigenvalue weighted by Gasteiger charge is -2.17. The average molecular weight is 392 g/mol. The van der Waals surface area contributed by atoms with E-state index in [0.717, 1.165) is 17.7 Å². The zero-order valence-corrected chi connectivity index (χ0v) is 16.5. The number of nitrogens with one attached hydrogen (secondary N) is 2. The quantitative estimate of drug-likeness (QED) is 0.401. The molecular weight excluding hydrogens is 370 g/mol. The number of halogens is 1. The predicted octanol–water partition coefficient (Wildman–Crippen LogP) is 4.85. The summed E-state index contributed by atoms with van der Waals surface area (Å²) in [5.41, 5.74) is 4.42. The topological polar surface area (TPSA) is 54.9 Å². The highest BCUT2D eigenvalue weighted by atomic mass is 35.5. The minimum atomic E-state index is 0.0454. The Bertz CT molecular complexity index is 769. The summed E-state index contributed by atoms with van der Waals surface area (Å²) in [5, 5.41) is 8.02. The fourth-order valence-corrected chi connectivity index (χ4v) is 2.49. The molecule has 2 aromatic rings. The van der Waals surface area contributed by atoms with E-state index in [1.54, 1.807) is 19.4 Å². The van der Waals surface area contributed by atoms with Gasteiger partial charge >= 0.3 is 0 Å². The minimum Gasteiger partial charge on any atom is -0.493 e. The molecule has 0 radical (unpaired) electrons. The van der Waals surface area contributed by atoms with Gasteiger partial charge < -0.3 is 14.8 Å². The van der Waals surface area contributed by atoms with Crippen molar-refractivity contribution in [1.82, 2.24) is 5.43 Å². The van der Waals surface area contributed by atoms with Crippen LogP contribution in [0.3, 0.4) is 0 Å². The van der Waals surface area contributed by atoms with E-state index in [4.69, 9.17) is 33.3 Å². The van der Waals surface area contributed by atoms with Crippen LogP contribution in [0.2, 0.25) is 5.02 Å². The number of hydrogen-bond donors (Lipinski definition) is 2. The largest absolute Gasteiger partial charge is 0.493 e. The third kappa shape index (κ3) is 5.89. The van der Waals surface area contributed by atoms with Crippen molar-refractivity contribution >= 4 is 40.8 Å². The van der Waals surface area contributed by atoms with Gasteiger partial charge in [0, 0.05) is 5.69 Å². The van der Waals surface area contributed by atoms with E-state index in [1.165, 1.54) is 0 Å². The molecule has 0 fully saturated rings. The third-order valence-electron chi connectivity index (χ3n) is 3.56. The number of hydrogen-bond acceptors (Lipinski definition) is 4. The molecule has 0 saturated carbocycles. The number of nitrogens with zero attached hydrogens (tertiary/aromatic N) is 1. The first-order valence-electron chi connectivity index (χ1n) is 8.22. The van der Waals surface area contributed by atoms with Gasteiger partial charge in [0.15, 0.2) is 16.6 Å². The van der Waals surface area contributed by atoms with Gasteiger partial charge in [0.25, 0.3) is 0 Å². The summed E-state index contributed by atoms with van der Waals surface area (Å²) in [4.78, 5) is 0. The van der Waals surface area contributed by atoms with Gasteiger partial charge in [-0.05, 0) is 55.4 Å². The number of anilines is 1. The first-order valence-corrected chi connectivity index (χ1v) is 9.01. The SMILES string of the molecule is CC[C@@H](C)Oc1c(Cl)cc(/C=N/NC(=S)Nc2ccccc2)cc1OC. The van der Waals surface area contributed by atoms with Gasteiger partial charge in [-0.2, -0.15) is 5.10 Å². The van der Waals surface area contributed by atoms with Crippen LogP contribution in [-0.2, 0) is 0 Å². The predicted molar refractivity (Wildman–Crippen MR) is 112 cm³/mol. The van der Waals surface area contributed by atoms with Gasteiger partial charge in [-0.3, -0.25) is 5.43 Å². The highest BCUT2D eigenvalue weighted by molar-refractivity contribution is 7.80. The van der Waals surface area contributed by atoms with Crippen LogP contribution in [0.15, 0.2) is 47.6 Å². The Morgan fingerprint density at radius 2 is 2.04 bits per heavy atom. The van der Waals surface area contributed by atoms with E-state index in [-0.39, 0.29) is 6.10 Å². The molecule has 0 aromatic heterocycles. The Labute approximate surface area is 164 Å². The van der Waals surface area contributed by atoms with Crippen LogP contribution in [0.4, 0.5) is 5.69 Å². The highest BCUT2D eigenvalue weighted by Gasteiger charge is 2.14. The van der Waals surface area contributed by atoms with Crippen LogP contribution in [-0.4, -0.2) is 24.5 Å². The fourth-order valence-electron chi connectivity index (χ4n) is 2.06. The lowest BCUT2D eigenvalue weighted by Crippen LogP contribution is -2.23. The van der Waals surface area contributed by atoms with E-state index in [0.29, 0.717) is 21.6 Å². The van der Waals surface area contributed by atoms with Gasteiger partial charge in [0.1, 0.15) is 0 Å². The summed E-state index contributed by atoms with van der Waals surface area (Å²) in [7, 11) is 1.58. The van der Waals surface area contributed by atoms with Gasteiger partial charge in [0.2, 0.25) is 0 Å². The molecule has 138 valence electrons. The number of benzene rings is 2. The average Bonchev–Trinajstić information content (AvgIpc) is 2.64. The minimum absolute atomic E-state index is 0.0454. The number of para-hydroxylation sites is 1. The molecule has 5 nitrogen and oxygen atoms in total. The summed E-state index contributed by atoms with van der Waals surface area (Å²) in [6.07, 6.45) is 2.53. The second kappa shape index (κ2) is 9.99. The maximum absolute atomic E-state index is 6.34. The lowest BCUT2D eigenvalue weighted by atomic mass is 10.2. The molecule has 0 bridgehead atoms. The Morgan fingerprint density at radius 3 is 2.69 bits per heavy atom. The summed E-state index contributed by atoms with van der Waals surface area (Å²) < 4.78 is 11.2. The van der Waals surface area contributed by atoms with Gasteiger partial charge in [-0.25, -0.2) is 0 Å². The Balaban J connectivity index is 2.03. The monoisotopic (exact) mass is 391 g/mol. The number of methoxy groups -OCH3 is 1. The molecular formula is C19H22ClN3O2S. The maximum atomic E-state index is 6.34. The molecule has 2 N–H and O–H groups in total. The van der Waals surface area contributed by atoms with Crippen LogP contribution in [0, 0.1) is 0 Å². The number of rotatable bonds is 7. The Kier molecular flexibility index (Phi) is 7.69. The van der Waals surface area contributed by atoms with E-state index in [2.05, 4.69) is 15.8 Å². The summed E-state index contributed by atoms with van der Waals surface area (Å²) in [6.45, 7) is 4.03. The van der Waals surface area contributed by atoms with E-state index >= 15 is 0 Å². The van der Waals surface area contributed by atoms with Crippen molar-refractivity contribution in [2.45, 2.75) is 26.4 Å². The summed E-state index contributed by atoms with van der Waals surface area (Å²) in [6, 6.07) is 13.2. The van der Waals surface area contributed by atoms with Gasteiger partial charge in [-0.1, -0.05) is 36.7 Å². The van der Waals surface area contributed by atoms with Crippen molar-refractivity contribution in [3.63, 3.8) is 0 Å². The smallest absolute Gasteiger partial charge is 0.191 e. The molecule has 2 aromatic carbocycles. The van der Waals surface area contributed by atoms with Crippen molar-refractivity contribution in [3.8, 4) is 11.5 Å². The summed E-state index contributed by atoms with van der Waals surface area (Å²) >= 11 is 11.5. The van der Waals surface area contributed by atoms with Crippen LogP contribution in [0.25, 0.3) is 0 Å². The zero-order chi connectivity index (χ0) is 18.9. The van der Waals surface area contributed by atoms with E-state index in [1.807, 2.05) is 50.2 Å². The van der Waals surface area contributed by atoms with Gasteiger partial charge in [0.05, 0.1) is 24.5 Å². The first-order chi connectivity index (χ1) is 12.5. The zero-order valence-electron chi connectivity index (χ0n) is 15.0. The third-order valence-corrected chi connectivity index (χ3v) is 4.03. The molecule has 2 rings (SSSR count). The van der Waals surface area contributed by atoms with Crippen molar-refractivity contribution < 1.29 is 9.47 Å². The number of thiocarbonyl (C=S) groups is 1. The van der Waals surface area contributed by atoms with Crippen LogP contribution in [0.5, 0.6) is 11.5 Å². The molecule has 0 aliphatic heterocycles. The van der Waals surface area contributed by atoms with Crippen LogP contribution in [0.1, 0.15) is 25.8 Å². The standard InChI is InChI=1S/C19H22ClN3O2S/c1-4-13(2)25-18-16(20)10-14(11-17(18)24-3)12-21-23-19(26)22-15-8-6-5-7-9-15/h5-13H,4H2,1-3H3,(H2,22,23,26)/b21-12+/t13-/m1/s1. The van der Waals surface area contributed by atoms with E-state index in [9.17, 15) is 0 Å².